The van der Waals surface area contributed by atoms with Crippen LogP contribution in [0.1, 0.15) is 143 Å². The van der Waals surface area contributed by atoms with Crippen molar-refractivity contribution in [2.75, 3.05) is 19.8 Å². The number of unbranched alkanes of at least 4 members (excludes halogenated alkanes) is 10. The third kappa shape index (κ3) is 19.0. The van der Waals surface area contributed by atoms with Crippen molar-refractivity contribution in [2.24, 2.45) is 0 Å². The van der Waals surface area contributed by atoms with Gasteiger partial charge in [-0.05, 0) is 25.7 Å². The first kappa shape index (κ1) is 44.7. The molecule has 0 bridgehead atoms. The van der Waals surface area contributed by atoms with Gasteiger partial charge < -0.3 is 43.7 Å². The lowest BCUT2D eigenvalue weighted by molar-refractivity contribution is -0.313. The molecular formula is C36H64O13. The summed E-state index contributed by atoms with van der Waals surface area (Å²) < 4.78 is 35.1. The van der Waals surface area contributed by atoms with E-state index in [2.05, 4.69) is 6.92 Å². The second kappa shape index (κ2) is 27.4. The fourth-order valence-electron chi connectivity index (χ4n) is 5.28. The molecule has 0 aliphatic carbocycles. The van der Waals surface area contributed by atoms with E-state index in [1.54, 1.807) is 0 Å². The molecule has 0 aromatic heterocycles. The van der Waals surface area contributed by atoms with Crippen LogP contribution >= 0.6 is 0 Å². The van der Waals surface area contributed by atoms with Gasteiger partial charge in [0.05, 0.1) is 13.2 Å². The van der Waals surface area contributed by atoms with Gasteiger partial charge in [-0.1, -0.05) is 91.9 Å². The van der Waals surface area contributed by atoms with Crippen LogP contribution < -0.4 is 0 Å². The van der Waals surface area contributed by atoms with E-state index in [1.807, 2.05) is 20.8 Å². The summed E-state index contributed by atoms with van der Waals surface area (Å²) in [5, 5.41) is 29.6. The van der Waals surface area contributed by atoms with Crippen LogP contribution in [0, 0.1) is 0 Å². The van der Waals surface area contributed by atoms with E-state index in [1.165, 1.54) is 0 Å². The maximum Gasteiger partial charge on any atom is 0.306 e. The molecule has 1 fully saturated rings. The van der Waals surface area contributed by atoms with Crippen molar-refractivity contribution in [2.45, 2.75) is 186 Å². The Hall–Kier alpha value is -2.32. The summed E-state index contributed by atoms with van der Waals surface area (Å²) in [6, 6.07) is 0. The minimum atomic E-state index is -1.54. The molecule has 1 aliphatic heterocycles. The molecule has 286 valence electrons. The Bertz CT molecular complexity index is 913. The molecule has 0 saturated carbocycles. The van der Waals surface area contributed by atoms with Gasteiger partial charge in [-0.2, -0.15) is 0 Å². The van der Waals surface area contributed by atoms with E-state index < -0.39 is 80.0 Å². The van der Waals surface area contributed by atoms with Crippen molar-refractivity contribution in [1.82, 2.24) is 0 Å². The zero-order chi connectivity index (χ0) is 36.4. The van der Waals surface area contributed by atoms with Crippen LogP contribution in [0.2, 0.25) is 0 Å². The van der Waals surface area contributed by atoms with Gasteiger partial charge in [0.15, 0.2) is 24.6 Å². The number of aliphatic hydroxyl groups is 3. The molecule has 7 atom stereocenters. The summed E-state index contributed by atoms with van der Waals surface area (Å²) in [7, 11) is 0. The lowest BCUT2D eigenvalue weighted by atomic mass is 9.97. The molecule has 0 radical (unpaired) electrons. The second-order valence-corrected chi connectivity index (χ2v) is 12.8. The predicted molar refractivity (Wildman–Crippen MR) is 180 cm³/mol. The van der Waals surface area contributed by atoms with Crippen LogP contribution in [0.3, 0.4) is 0 Å². The monoisotopic (exact) mass is 704 g/mol. The van der Waals surface area contributed by atoms with E-state index in [0.29, 0.717) is 25.7 Å². The van der Waals surface area contributed by atoms with E-state index in [4.69, 9.17) is 28.4 Å². The van der Waals surface area contributed by atoms with Gasteiger partial charge in [0.1, 0.15) is 24.9 Å². The summed E-state index contributed by atoms with van der Waals surface area (Å²) in [5.41, 5.74) is 0. The highest BCUT2D eigenvalue weighted by Gasteiger charge is 2.53. The lowest BCUT2D eigenvalue weighted by Crippen LogP contribution is -2.63. The van der Waals surface area contributed by atoms with Gasteiger partial charge in [-0.3, -0.25) is 19.2 Å². The van der Waals surface area contributed by atoms with E-state index >= 15 is 0 Å². The minimum Gasteiger partial charge on any atom is -0.463 e. The molecule has 1 saturated heterocycles. The summed E-state index contributed by atoms with van der Waals surface area (Å²) in [6.45, 7) is 6.41. The fourth-order valence-corrected chi connectivity index (χ4v) is 5.28. The van der Waals surface area contributed by atoms with Crippen LogP contribution in [0.25, 0.3) is 0 Å². The smallest absolute Gasteiger partial charge is 0.306 e. The van der Waals surface area contributed by atoms with Crippen molar-refractivity contribution in [3.05, 3.63) is 0 Å². The largest absolute Gasteiger partial charge is 0.463 e. The van der Waals surface area contributed by atoms with Gasteiger partial charge in [-0.15, -0.1) is 0 Å². The highest BCUT2D eigenvalue weighted by atomic mass is 16.7. The van der Waals surface area contributed by atoms with Gasteiger partial charge >= 0.3 is 23.9 Å². The Morgan fingerprint density at radius 3 is 1.51 bits per heavy atom. The first-order valence-electron chi connectivity index (χ1n) is 18.6. The van der Waals surface area contributed by atoms with Crippen LogP contribution in [-0.2, 0) is 47.6 Å². The molecule has 0 aromatic carbocycles. The lowest BCUT2D eigenvalue weighted by Gasteiger charge is -2.44. The van der Waals surface area contributed by atoms with Gasteiger partial charge in [0, 0.05) is 25.7 Å². The Kier molecular flexibility index (Phi) is 25.0. The van der Waals surface area contributed by atoms with Gasteiger partial charge in [-0.25, -0.2) is 0 Å². The first-order valence-corrected chi connectivity index (χ1v) is 18.6. The molecule has 0 unspecified atom stereocenters. The Morgan fingerprint density at radius 1 is 0.571 bits per heavy atom. The van der Waals surface area contributed by atoms with Crippen LogP contribution in [0.15, 0.2) is 0 Å². The van der Waals surface area contributed by atoms with Gasteiger partial charge in [0.2, 0.25) is 0 Å². The molecule has 49 heavy (non-hydrogen) atoms. The summed E-state index contributed by atoms with van der Waals surface area (Å²) in [6.07, 6.45) is 1.65. The number of aliphatic hydroxyl groups excluding tert-OH is 3. The number of carbonyl (C=O) groups excluding carboxylic acids is 4. The van der Waals surface area contributed by atoms with Crippen molar-refractivity contribution in [3.63, 3.8) is 0 Å². The van der Waals surface area contributed by atoms with E-state index in [0.717, 1.165) is 64.2 Å². The number of esters is 4. The molecule has 0 spiro atoms. The van der Waals surface area contributed by atoms with Crippen molar-refractivity contribution in [3.8, 4) is 0 Å². The highest BCUT2D eigenvalue weighted by molar-refractivity contribution is 5.72. The molecule has 1 aliphatic rings. The maximum atomic E-state index is 13.2. The normalized spacial score (nSPS) is 21.8. The Labute approximate surface area is 292 Å². The maximum absolute atomic E-state index is 13.2. The molecule has 13 nitrogen and oxygen atoms in total. The van der Waals surface area contributed by atoms with Crippen LogP contribution in [0.4, 0.5) is 0 Å². The number of hydrogen-bond acceptors (Lipinski definition) is 13. The number of ether oxygens (including phenoxy) is 6. The molecule has 1 rings (SSSR count). The SMILES string of the molecule is CCCCCCCC(=O)O[C@@H]1[C@H](OC[C@@H](O)[C@@H](O)CO)O[C@H](COC(=O)CCCCC)[C@@H](OC(=O)CCCCC)[C@@H]1OC(=O)CCCCC. The third-order valence-corrected chi connectivity index (χ3v) is 8.30. The van der Waals surface area contributed by atoms with Gasteiger partial charge in [0.25, 0.3) is 0 Å². The average molecular weight is 705 g/mol. The minimum absolute atomic E-state index is 0.0600. The number of carbonyl (C=O) groups is 4. The quantitative estimate of drug-likeness (QED) is 0.0573. The zero-order valence-corrected chi connectivity index (χ0v) is 30.3. The molecular weight excluding hydrogens is 640 g/mol. The zero-order valence-electron chi connectivity index (χ0n) is 30.3. The Morgan fingerprint density at radius 2 is 1.00 bits per heavy atom. The van der Waals surface area contributed by atoms with Crippen LogP contribution in [0.5, 0.6) is 0 Å². The van der Waals surface area contributed by atoms with Crippen molar-refractivity contribution < 1.29 is 62.9 Å². The van der Waals surface area contributed by atoms with Crippen molar-refractivity contribution in [1.29, 1.82) is 0 Å². The first-order chi connectivity index (χ1) is 23.6. The Balaban J connectivity index is 3.48. The fraction of sp³-hybridized carbons (Fsp3) is 0.889. The van der Waals surface area contributed by atoms with E-state index in [-0.39, 0.29) is 32.3 Å². The topological polar surface area (TPSA) is 184 Å². The second-order valence-electron chi connectivity index (χ2n) is 12.8. The summed E-state index contributed by atoms with van der Waals surface area (Å²) in [5.74, 6) is -2.31. The summed E-state index contributed by atoms with van der Waals surface area (Å²) >= 11 is 0. The van der Waals surface area contributed by atoms with Crippen LogP contribution in [-0.4, -0.2) is 102 Å². The molecule has 13 heteroatoms. The summed E-state index contributed by atoms with van der Waals surface area (Å²) in [4.78, 5) is 52.0. The average Bonchev–Trinajstić information content (AvgIpc) is 3.08. The standard InChI is InChI=1S/C36H64O13/c1-5-9-13-14-18-22-32(43)49-35-34(48-31(42)21-17-12-8-4)33(47-30(41)20-16-11-7-3)28(25-44-29(40)19-15-10-6-2)46-36(35)45-24-27(39)26(38)23-37/h26-28,33-39H,5-25H2,1-4H3/t26-,27+,28+,33+,34-,35-,36+/m0/s1. The number of rotatable bonds is 28. The van der Waals surface area contributed by atoms with Crippen molar-refractivity contribution >= 4 is 23.9 Å². The third-order valence-electron chi connectivity index (χ3n) is 8.30. The molecule has 3 N–H and O–H groups in total. The predicted octanol–water partition coefficient (Wildman–Crippen LogP) is 4.82. The molecule has 1 heterocycles. The molecule has 0 amide bonds. The number of hydrogen-bond donors (Lipinski definition) is 3. The van der Waals surface area contributed by atoms with E-state index in [9.17, 15) is 34.5 Å². The molecule has 0 aromatic rings. The highest BCUT2D eigenvalue weighted by Crippen LogP contribution is 2.31.